The zero-order chi connectivity index (χ0) is 14.7. The van der Waals surface area contributed by atoms with Crippen LogP contribution < -0.4 is 4.90 Å². The van der Waals surface area contributed by atoms with Gasteiger partial charge < -0.3 is 10.0 Å². The molecule has 0 aliphatic heterocycles. The number of anilines is 1. The van der Waals surface area contributed by atoms with E-state index in [1.807, 2.05) is 24.3 Å². The van der Waals surface area contributed by atoms with Crippen molar-refractivity contribution in [1.29, 1.82) is 5.26 Å². The number of nitriles is 1. The minimum Gasteiger partial charge on any atom is -0.389 e. The van der Waals surface area contributed by atoms with Gasteiger partial charge in [0.2, 0.25) is 0 Å². The summed E-state index contributed by atoms with van der Waals surface area (Å²) in [6.45, 7) is 4.36. The summed E-state index contributed by atoms with van der Waals surface area (Å²) in [5, 5.41) is 22.0. The lowest BCUT2D eigenvalue weighted by Gasteiger charge is -2.23. The van der Waals surface area contributed by atoms with Crippen molar-refractivity contribution < 1.29 is 5.11 Å². The van der Waals surface area contributed by atoms with E-state index in [1.54, 1.807) is 36.5 Å². The standard InChI is InChI=1S/C15H17N3OS/c1-10(19)14-5-4-12(7-16)6-15(14)18(3)8-13-9-20-11(2)17-13/h4-6,9-10,19H,8H2,1-3H3/t10-/m1/s1. The molecule has 0 saturated heterocycles. The number of hydrogen-bond acceptors (Lipinski definition) is 5. The van der Waals surface area contributed by atoms with Crippen LogP contribution in [-0.4, -0.2) is 17.1 Å². The van der Waals surface area contributed by atoms with Crippen LogP contribution in [-0.2, 0) is 6.54 Å². The van der Waals surface area contributed by atoms with Gasteiger partial charge in [0, 0.05) is 23.7 Å². The number of aryl methyl sites for hydroxylation is 1. The minimum atomic E-state index is -0.572. The first kappa shape index (κ1) is 14.5. The van der Waals surface area contributed by atoms with Crippen LogP contribution in [0.2, 0.25) is 0 Å². The number of nitrogens with zero attached hydrogens (tertiary/aromatic N) is 3. The third-order valence-electron chi connectivity index (χ3n) is 3.09. The normalized spacial score (nSPS) is 11.9. The van der Waals surface area contributed by atoms with E-state index in [4.69, 9.17) is 5.26 Å². The number of hydrogen-bond donors (Lipinski definition) is 1. The molecular weight excluding hydrogens is 270 g/mol. The quantitative estimate of drug-likeness (QED) is 0.939. The molecule has 2 rings (SSSR count). The number of aliphatic hydroxyl groups is 1. The second kappa shape index (κ2) is 6.04. The van der Waals surface area contributed by atoms with Gasteiger partial charge in [-0.3, -0.25) is 0 Å². The summed E-state index contributed by atoms with van der Waals surface area (Å²) in [6.07, 6.45) is -0.572. The summed E-state index contributed by atoms with van der Waals surface area (Å²) < 4.78 is 0. The van der Waals surface area contributed by atoms with Gasteiger partial charge >= 0.3 is 0 Å². The van der Waals surface area contributed by atoms with Crippen LogP contribution in [0.25, 0.3) is 0 Å². The zero-order valence-corrected chi connectivity index (χ0v) is 12.6. The topological polar surface area (TPSA) is 60.2 Å². The Morgan fingerprint density at radius 3 is 2.80 bits per heavy atom. The second-order valence-corrected chi connectivity index (χ2v) is 5.84. The molecule has 1 aromatic heterocycles. The molecule has 0 spiro atoms. The van der Waals surface area contributed by atoms with E-state index in [9.17, 15) is 5.11 Å². The maximum absolute atomic E-state index is 9.86. The van der Waals surface area contributed by atoms with Gasteiger partial charge in [-0.05, 0) is 26.0 Å². The molecule has 5 heteroatoms. The van der Waals surface area contributed by atoms with Crippen molar-refractivity contribution in [2.24, 2.45) is 0 Å². The largest absolute Gasteiger partial charge is 0.389 e. The van der Waals surface area contributed by atoms with Gasteiger partial charge in [0.15, 0.2) is 0 Å². The Balaban J connectivity index is 2.32. The first-order valence-corrected chi connectivity index (χ1v) is 7.23. The molecule has 0 unspecified atom stereocenters. The molecule has 20 heavy (non-hydrogen) atoms. The van der Waals surface area contributed by atoms with Crippen molar-refractivity contribution in [2.75, 3.05) is 11.9 Å². The first-order chi connectivity index (χ1) is 9.51. The van der Waals surface area contributed by atoms with E-state index in [-0.39, 0.29) is 0 Å². The Morgan fingerprint density at radius 2 is 2.25 bits per heavy atom. The van der Waals surface area contributed by atoms with Crippen LogP contribution in [0.1, 0.15) is 34.9 Å². The molecule has 1 heterocycles. The van der Waals surface area contributed by atoms with Gasteiger partial charge in [-0.1, -0.05) is 6.07 Å². The van der Waals surface area contributed by atoms with Crippen molar-refractivity contribution >= 4 is 17.0 Å². The van der Waals surface area contributed by atoms with Crippen molar-refractivity contribution in [1.82, 2.24) is 4.98 Å². The van der Waals surface area contributed by atoms with Crippen LogP contribution >= 0.6 is 11.3 Å². The Kier molecular flexibility index (Phi) is 4.38. The number of aliphatic hydroxyl groups excluding tert-OH is 1. The summed E-state index contributed by atoms with van der Waals surface area (Å²) in [6, 6.07) is 7.48. The van der Waals surface area contributed by atoms with Gasteiger partial charge in [-0.15, -0.1) is 11.3 Å². The second-order valence-electron chi connectivity index (χ2n) is 4.78. The molecule has 0 amide bonds. The molecule has 1 N–H and O–H groups in total. The average molecular weight is 287 g/mol. The van der Waals surface area contributed by atoms with Gasteiger partial charge in [0.05, 0.1) is 35.0 Å². The predicted molar refractivity (Wildman–Crippen MR) is 80.7 cm³/mol. The van der Waals surface area contributed by atoms with E-state index < -0.39 is 6.10 Å². The van der Waals surface area contributed by atoms with Gasteiger partial charge in [0.1, 0.15) is 0 Å². The Labute approximate surface area is 122 Å². The van der Waals surface area contributed by atoms with Crippen LogP contribution in [0.4, 0.5) is 5.69 Å². The minimum absolute atomic E-state index is 0.572. The highest BCUT2D eigenvalue weighted by molar-refractivity contribution is 7.09. The van der Waals surface area contributed by atoms with E-state index in [0.29, 0.717) is 12.1 Å². The SMILES string of the molecule is Cc1nc(CN(C)c2cc(C#N)ccc2[C@@H](C)O)cs1. The average Bonchev–Trinajstić information content (AvgIpc) is 2.83. The summed E-state index contributed by atoms with van der Waals surface area (Å²) in [5.41, 5.74) is 3.27. The third-order valence-corrected chi connectivity index (χ3v) is 3.91. The predicted octanol–water partition coefficient (Wildman–Crippen LogP) is 3.01. The van der Waals surface area contributed by atoms with E-state index in [0.717, 1.165) is 22.0 Å². The maximum Gasteiger partial charge on any atom is 0.0992 e. The third kappa shape index (κ3) is 3.16. The lowest BCUT2D eigenvalue weighted by atomic mass is 10.0. The van der Waals surface area contributed by atoms with E-state index >= 15 is 0 Å². The zero-order valence-electron chi connectivity index (χ0n) is 11.8. The molecule has 0 radical (unpaired) electrons. The van der Waals surface area contributed by atoms with Crippen molar-refractivity contribution in [3.63, 3.8) is 0 Å². The molecule has 104 valence electrons. The molecule has 1 atom stereocenters. The molecule has 2 aromatic rings. The smallest absolute Gasteiger partial charge is 0.0992 e. The Bertz CT molecular complexity index is 643. The highest BCUT2D eigenvalue weighted by Crippen LogP contribution is 2.28. The van der Waals surface area contributed by atoms with E-state index in [1.165, 1.54) is 0 Å². The monoisotopic (exact) mass is 287 g/mol. The number of benzene rings is 1. The molecule has 0 bridgehead atoms. The summed E-state index contributed by atoms with van der Waals surface area (Å²) in [7, 11) is 1.94. The number of thiazole rings is 1. The molecule has 1 aromatic carbocycles. The van der Waals surface area contributed by atoms with Gasteiger partial charge in [-0.2, -0.15) is 5.26 Å². The number of aromatic nitrogens is 1. The Hall–Kier alpha value is -1.90. The highest BCUT2D eigenvalue weighted by Gasteiger charge is 2.14. The van der Waals surface area contributed by atoms with Crippen molar-refractivity contribution in [3.8, 4) is 6.07 Å². The molecule has 0 saturated carbocycles. The fraction of sp³-hybridized carbons (Fsp3) is 0.333. The summed E-state index contributed by atoms with van der Waals surface area (Å²) in [4.78, 5) is 6.45. The van der Waals surface area contributed by atoms with E-state index in [2.05, 4.69) is 11.1 Å². The van der Waals surface area contributed by atoms with Gasteiger partial charge in [-0.25, -0.2) is 4.98 Å². The van der Waals surface area contributed by atoms with Gasteiger partial charge in [0.25, 0.3) is 0 Å². The number of rotatable bonds is 4. The lowest BCUT2D eigenvalue weighted by molar-refractivity contribution is 0.199. The molecule has 0 aliphatic rings. The van der Waals surface area contributed by atoms with Crippen LogP contribution in [0, 0.1) is 18.3 Å². The van der Waals surface area contributed by atoms with Crippen LogP contribution in [0.15, 0.2) is 23.6 Å². The van der Waals surface area contributed by atoms with Crippen LogP contribution in [0.3, 0.4) is 0 Å². The highest BCUT2D eigenvalue weighted by atomic mass is 32.1. The van der Waals surface area contributed by atoms with Crippen LogP contribution in [0.5, 0.6) is 0 Å². The Morgan fingerprint density at radius 1 is 1.50 bits per heavy atom. The fourth-order valence-electron chi connectivity index (χ4n) is 2.11. The summed E-state index contributed by atoms with van der Waals surface area (Å²) >= 11 is 1.62. The molecular formula is C15H17N3OS. The first-order valence-electron chi connectivity index (χ1n) is 6.35. The molecule has 0 aliphatic carbocycles. The van der Waals surface area contributed by atoms with Crippen molar-refractivity contribution in [2.45, 2.75) is 26.5 Å². The fourth-order valence-corrected chi connectivity index (χ4v) is 2.71. The lowest BCUT2D eigenvalue weighted by Crippen LogP contribution is -2.19. The maximum atomic E-state index is 9.86. The molecule has 0 fully saturated rings. The van der Waals surface area contributed by atoms with Crippen molar-refractivity contribution in [3.05, 3.63) is 45.4 Å². The summed E-state index contributed by atoms with van der Waals surface area (Å²) in [5.74, 6) is 0. The molecule has 4 nitrogen and oxygen atoms in total.